The fourth-order valence-corrected chi connectivity index (χ4v) is 5.61. The van der Waals surface area contributed by atoms with E-state index in [1.54, 1.807) is 9.80 Å². The predicted octanol–water partition coefficient (Wildman–Crippen LogP) is 1.71. The number of piperazine rings is 1. The van der Waals surface area contributed by atoms with Gasteiger partial charge < -0.3 is 9.80 Å². The molecule has 3 rings (SSSR count). The van der Waals surface area contributed by atoms with Crippen molar-refractivity contribution in [2.24, 2.45) is 11.3 Å². The molecule has 1 aromatic carbocycles. The number of carbonyl (C=O) groups is 2. The van der Waals surface area contributed by atoms with Gasteiger partial charge in [-0.05, 0) is 18.9 Å². The highest BCUT2D eigenvalue weighted by Gasteiger charge is 2.37. The molecule has 32 heavy (non-hydrogen) atoms. The number of non-ortho nitro benzene ring substituents is 1. The van der Waals surface area contributed by atoms with Gasteiger partial charge in [-0.25, -0.2) is 8.42 Å². The number of likely N-dealkylation sites (tertiary alicyclic amines) is 1. The molecule has 2 heterocycles. The van der Waals surface area contributed by atoms with Crippen LogP contribution in [0.2, 0.25) is 0 Å². The molecule has 10 nitrogen and oxygen atoms in total. The van der Waals surface area contributed by atoms with Gasteiger partial charge in [-0.2, -0.15) is 4.31 Å². The Morgan fingerprint density at radius 3 is 2.31 bits per heavy atom. The summed E-state index contributed by atoms with van der Waals surface area (Å²) in [4.78, 5) is 39.3. The first-order valence-corrected chi connectivity index (χ1v) is 12.2. The van der Waals surface area contributed by atoms with Crippen molar-refractivity contribution < 1.29 is 22.9 Å². The average Bonchev–Trinajstić information content (AvgIpc) is 2.77. The fourth-order valence-electron chi connectivity index (χ4n) is 4.15. The Hall–Kier alpha value is -2.53. The lowest BCUT2D eigenvalue weighted by Crippen LogP contribution is -2.54. The number of hydrogen-bond acceptors (Lipinski definition) is 6. The molecular formula is C21H30N4O6S. The van der Waals surface area contributed by atoms with Crippen LogP contribution in [-0.2, 0) is 19.6 Å². The van der Waals surface area contributed by atoms with Gasteiger partial charge in [0, 0.05) is 56.8 Å². The third-order valence-corrected chi connectivity index (χ3v) is 7.81. The van der Waals surface area contributed by atoms with Crippen molar-refractivity contribution in [2.75, 3.05) is 39.3 Å². The summed E-state index contributed by atoms with van der Waals surface area (Å²) in [5.74, 6) is -0.304. The minimum atomic E-state index is -3.89. The van der Waals surface area contributed by atoms with Gasteiger partial charge in [-0.15, -0.1) is 0 Å². The molecule has 2 saturated heterocycles. The zero-order valence-corrected chi connectivity index (χ0v) is 19.5. The van der Waals surface area contributed by atoms with E-state index < -0.39 is 20.4 Å². The van der Waals surface area contributed by atoms with Crippen LogP contribution in [0.3, 0.4) is 0 Å². The van der Waals surface area contributed by atoms with Crippen LogP contribution < -0.4 is 0 Å². The molecule has 1 aromatic rings. The Bertz CT molecular complexity index is 996. The van der Waals surface area contributed by atoms with Crippen molar-refractivity contribution in [3.8, 4) is 0 Å². The highest BCUT2D eigenvalue weighted by molar-refractivity contribution is 7.89. The van der Waals surface area contributed by atoms with E-state index in [0.717, 1.165) is 12.5 Å². The Morgan fingerprint density at radius 2 is 1.72 bits per heavy atom. The number of amides is 2. The second kappa shape index (κ2) is 9.14. The second-order valence-corrected chi connectivity index (χ2v) is 11.3. The first-order valence-electron chi connectivity index (χ1n) is 10.7. The maximum atomic E-state index is 13.1. The SMILES string of the molecule is CC(C)(C)C(=O)N1CCCC(C(=O)N2CCN(S(=O)(=O)c3cccc([N+](=O)[O-])c3)CC2)C1. The minimum absolute atomic E-state index is 0.0304. The molecule has 176 valence electrons. The molecule has 0 saturated carbocycles. The zero-order valence-electron chi connectivity index (χ0n) is 18.7. The molecule has 0 aromatic heterocycles. The normalized spacial score (nSPS) is 20.8. The van der Waals surface area contributed by atoms with Crippen molar-refractivity contribution >= 4 is 27.5 Å². The molecule has 0 N–H and O–H groups in total. The summed E-state index contributed by atoms with van der Waals surface area (Å²) < 4.78 is 27.1. The van der Waals surface area contributed by atoms with Crippen LogP contribution in [0.5, 0.6) is 0 Å². The van der Waals surface area contributed by atoms with E-state index in [0.29, 0.717) is 19.5 Å². The van der Waals surface area contributed by atoms with Crippen LogP contribution >= 0.6 is 0 Å². The number of nitro benzene ring substituents is 1. The lowest BCUT2D eigenvalue weighted by Gasteiger charge is -2.39. The van der Waals surface area contributed by atoms with Gasteiger partial charge in [0.1, 0.15) is 0 Å². The number of hydrogen-bond donors (Lipinski definition) is 0. The molecule has 2 aliphatic heterocycles. The molecule has 2 aliphatic rings. The van der Waals surface area contributed by atoms with E-state index in [1.165, 1.54) is 22.5 Å². The number of benzene rings is 1. The quantitative estimate of drug-likeness (QED) is 0.492. The Morgan fingerprint density at radius 1 is 1.06 bits per heavy atom. The summed E-state index contributed by atoms with van der Waals surface area (Å²) in [6, 6.07) is 4.98. The van der Waals surface area contributed by atoms with E-state index in [4.69, 9.17) is 0 Å². The zero-order chi connectivity index (χ0) is 23.7. The van der Waals surface area contributed by atoms with Crippen molar-refractivity contribution in [1.29, 1.82) is 0 Å². The van der Waals surface area contributed by atoms with Crippen LogP contribution in [-0.4, -0.2) is 78.5 Å². The Kier molecular flexibility index (Phi) is 6.89. The van der Waals surface area contributed by atoms with Crippen LogP contribution in [0.15, 0.2) is 29.2 Å². The number of piperidine rings is 1. The van der Waals surface area contributed by atoms with E-state index in [-0.39, 0.29) is 54.5 Å². The molecule has 2 amide bonds. The number of nitrogens with zero attached hydrogens (tertiary/aromatic N) is 4. The maximum absolute atomic E-state index is 13.1. The second-order valence-electron chi connectivity index (χ2n) is 9.32. The fraction of sp³-hybridized carbons (Fsp3) is 0.619. The monoisotopic (exact) mass is 466 g/mol. The molecule has 11 heteroatoms. The summed E-state index contributed by atoms with van der Waals surface area (Å²) in [5, 5.41) is 11.0. The number of carbonyl (C=O) groups excluding carboxylic acids is 2. The number of rotatable bonds is 4. The third-order valence-electron chi connectivity index (χ3n) is 5.92. The largest absolute Gasteiger partial charge is 0.341 e. The van der Waals surface area contributed by atoms with Gasteiger partial charge in [0.15, 0.2) is 0 Å². The summed E-state index contributed by atoms with van der Waals surface area (Å²) in [6.07, 6.45) is 1.47. The lowest BCUT2D eigenvalue weighted by atomic mass is 9.90. The lowest BCUT2D eigenvalue weighted by molar-refractivity contribution is -0.385. The van der Waals surface area contributed by atoms with Gasteiger partial charge in [0.2, 0.25) is 21.8 Å². The average molecular weight is 467 g/mol. The van der Waals surface area contributed by atoms with Crippen molar-refractivity contribution in [1.82, 2.24) is 14.1 Å². The summed E-state index contributed by atoms with van der Waals surface area (Å²) in [5.41, 5.74) is -0.788. The van der Waals surface area contributed by atoms with Gasteiger partial charge in [-0.1, -0.05) is 26.8 Å². The summed E-state index contributed by atoms with van der Waals surface area (Å²) >= 11 is 0. The van der Waals surface area contributed by atoms with Crippen molar-refractivity contribution in [3.05, 3.63) is 34.4 Å². The predicted molar refractivity (Wildman–Crippen MR) is 117 cm³/mol. The number of nitro groups is 1. The number of sulfonamides is 1. The Balaban J connectivity index is 1.63. The molecule has 0 bridgehead atoms. The summed E-state index contributed by atoms with van der Waals surface area (Å²) in [7, 11) is -3.89. The smallest absolute Gasteiger partial charge is 0.270 e. The first kappa shape index (κ1) is 24.1. The van der Waals surface area contributed by atoms with Crippen LogP contribution in [0, 0.1) is 21.4 Å². The molecule has 2 fully saturated rings. The summed E-state index contributed by atoms with van der Waals surface area (Å²) in [6.45, 7) is 7.36. The molecular weight excluding hydrogens is 436 g/mol. The maximum Gasteiger partial charge on any atom is 0.270 e. The molecule has 0 radical (unpaired) electrons. The highest BCUT2D eigenvalue weighted by atomic mass is 32.2. The van der Waals surface area contributed by atoms with Gasteiger partial charge >= 0.3 is 0 Å². The standard InChI is InChI=1S/C21H30N4O6S/c1-21(2,3)20(27)23-9-5-6-16(15-23)19(26)22-10-12-24(13-11-22)32(30,31)18-8-4-7-17(14-18)25(28)29/h4,7-8,14,16H,5-6,9-13,15H2,1-3H3. The van der Waals surface area contributed by atoms with Gasteiger partial charge in [-0.3, -0.25) is 19.7 Å². The highest BCUT2D eigenvalue weighted by Crippen LogP contribution is 2.26. The Labute approximate surface area is 188 Å². The van der Waals surface area contributed by atoms with E-state index in [1.807, 2.05) is 20.8 Å². The van der Waals surface area contributed by atoms with Crippen LogP contribution in [0.1, 0.15) is 33.6 Å². The van der Waals surface area contributed by atoms with E-state index >= 15 is 0 Å². The minimum Gasteiger partial charge on any atom is -0.341 e. The van der Waals surface area contributed by atoms with E-state index in [9.17, 15) is 28.1 Å². The first-order chi connectivity index (χ1) is 14.9. The molecule has 0 spiro atoms. The van der Waals surface area contributed by atoms with E-state index in [2.05, 4.69) is 0 Å². The van der Waals surface area contributed by atoms with Crippen molar-refractivity contribution in [2.45, 2.75) is 38.5 Å². The third kappa shape index (κ3) is 5.09. The van der Waals surface area contributed by atoms with Crippen LogP contribution in [0.4, 0.5) is 5.69 Å². The molecule has 0 aliphatic carbocycles. The van der Waals surface area contributed by atoms with Gasteiger partial charge in [0.05, 0.1) is 15.7 Å². The van der Waals surface area contributed by atoms with Gasteiger partial charge in [0.25, 0.3) is 5.69 Å². The topological polar surface area (TPSA) is 121 Å². The van der Waals surface area contributed by atoms with Crippen LogP contribution in [0.25, 0.3) is 0 Å². The molecule has 1 atom stereocenters. The molecule has 1 unspecified atom stereocenters. The van der Waals surface area contributed by atoms with Crippen molar-refractivity contribution in [3.63, 3.8) is 0 Å².